The first kappa shape index (κ1) is 14.3. The van der Waals surface area contributed by atoms with Gasteiger partial charge in [0, 0.05) is 0 Å². The molecule has 4 heteroatoms. The van der Waals surface area contributed by atoms with Gasteiger partial charge in [-0.15, -0.1) is 0 Å². The van der Waals surface area contributed by atoms with Crippen LogP contribution in [0.2, 0.25) is 0 Å². The predicted molar refractivity (Wildman–Crippen MR) is 68.3 cm³/mol. The summed E-state index contributed by atoms with van der Waals surface area (Å²) in [4.78, 5) is 11.3. The molecule has 0 fully saturated rings. The first-order valence-corrected chi connectivity index (χ1v) is 5.78. The van der Waals surface area contributed by atoms with E-state index in [1.807, 2.05) is 6.92 Å². The van der Waals surface area contributed by atoms with E-state index in [0.717, 1.165) is 6.42 Å². The van der Waals surface area contributed by atoms with Crippen molar-refractivity contribution in [3.05, 3.63) is 42.0 Å². The number of carbonyl (C=O) groups is 1. The van der Waals surface area contributed by atoms with Gasteiger partial charge in [-0.2, -0.15) is 0 Å². The molecule has 0 saturated carbocycles. The van der Waals surface area contributed by atoms with Crippen LogP contribution in [0.4, 0.5) is 0 Å². The molecule has 0 aromatic heterocycles. The molecule has 4 nitrogen and oxygen atoms in total. The summed E-state index contributed by atoms with van der Waals surface area (Å²) in [6.07, 6.45) is -0.176. The first-order chi connectivity index (χ1) is 8.60. The molecule has 0 spiro atoms. The van der Waals surface area contributed by atoms with Gasteiger partial charge >= 0.3 is 5.97 Å². The minimum Gasteiger partial charge on any atom is -0.494 e. The van der Waals surface area contributed by atoms with E-state index in [1.54, 1.807) is 24.3 Å². The second-order valence-electron chi connectivity index (χ2n) is 3.84. The van der Waals surface area contributed by atoms with Gasteiger partial charge in [0.05, 0.1) is 19.3 Å². The lowest BCUT2D eigenvalue weighted by molar-refractivity contribution is -0.137. The van der Waals surface area contributed by atoms with E-state index < -0.39 is 12.1 Å². The molecular formula is C14H18O4. The number of aliphatic hydroxyl groups excluding tert-OH is 1. The highest BCUT2D eigenvalue weighted by Gasteiger charge is 2.19. The molecule has 1 atom stereocenters. The molecule has 0 aliphatic rings. The Morgan fingerprint density at radius 2 is 2.22 bits per heavy atom. The molecule has 0 saturated heterocycles. The Morgan fingerprint density at radius 1 is 1.50 bits per heavy atom. The Bertz CT molecular complexity index is 426. The number of ether oxygens (including phenoxy) is 2. The van der Waals surface area contributed by atoms with Crippen molar-refractivity contribution >= 4 is 5.97 Å². The summed E-state index contributed by atoms with van der Waals surface area (Å²) in [5, 5.41) is 9.98. The molecule has 0 radical (unpaired) electrons. The zero-order valence-electron chi connectivity index (χ0n) is 10.7. The minimum absolute atomic E-state index is 0.00476. The maximum absolute atomic E-state index is 11.3. The van der Waals surface area contributed by atoms with Crippen LogP contribution in [0.3, 0.4) is 0 Å². The van der Waals surface area contributed by atoms with Crippen LogP contribution in [0, 0.1) is 0 Å². The predicted octanol–water partition coefficient (Wildman–Crippen LogP) is 2.24. The van der Waals surface area contributed by atoms with Crippen molar-refractivity contribution in [1.29, 1.82) is 0 Å². The lowest BCUT2D eigenvalue weighted by Crippen LogP contribution is -2.12. The summed E-state index contributed by atoms with van der Waals surface area (Å²) in [5.41, 5.74) is 0.559. The van der Waals surface area contributed by atoms with Gasteiger partial charge < -0.3 is 14.6 Å². The van der Waals surface area contributed by atoms with Crippen LogP contribution in [-0.2, 0) is 9.53 Å². The fourth-order valence-corrected chi connectivity index (χ4v) is 1.44. The molecule has 0 amide bonds. The number of benzene rings is 1. The van der Waals surface area contributed by atoms with E-state index in [4.69, 9.17) is 4.74 Å². The third-order valence-electron chi connectivity index (χ3n) is 2.42. The Kier molecular flexibility index (Phi) is 5.39. The Labute approximate surface area is 107 Å². The molecule has 0 heterocycles. The molecule has 0 aliphatic carbocycles. The molecule has 98 valence electrons. The summed E-state index contributed by atoms with van der Waals surface area (Å²) >= 11 is 0. The molecule has 1 rings (SSSR count). The van der Waals surface area contributed by atoms with Crippen molar-refractivity contribution < 1.29 is 19.4 Å². The topological polar surface area (TPSA) is 55.8 Å². The van der Waals surface area contributed by atoms with Crippen LogP contribution in [0.1, 0.15) is 25.0 Å². The zero-order chi connectivity index (χ0) is 13.5. The molecule has 0 bridgehead atoms. The lowest BCUT2D eigenvalue weighted by Gasteiger charge is -2.13. The van der Waals surface area contributed by atoms with Crippen molar-refractivity contribution in [2.75, 3.05) is 13.7 Å². The number of rotatable bonds is 6. The highest BCUT2D eigenvalue weighted by molar-refractivity contribution is 5.88. The van der Waals surface area contributed by atoms with Crippen LogP contribution in [0.15, 0.2) is 36.4 Å². The van der Waals surface area contributed by atoms with Gasteiger partial charge in [-0.3, -0.25) is 0 Å². The Hall–Kier alpha value is -1.81. The highest BCUT2D eigenvalue weighted by atomic mass is 16.5. The Balaban J connectivity index is 2.82. The SMILES string of the molecule is C=C(C(=O)OC)C(O)c1cccc(OCCC)c1. The van der Waals surface area contributed by atoms with Crippen LogP contribution in [0.25, 0.3) is 0 Å². The van der Waals surface area contributed by atoms with Crippen molar-refractivity contribution in [3.8, 4) is 5.75 Å². The van der Waals surface area contributed by atoms with Gasteiger partial charge in [0.1, 0.15) is 11.9 Å². The van der Waals surface area contributed by atoms with Crippen LogP contribution < -0.4 is 4.74 Å². The number of hydrogen-bond acceptors (Lipinski definition) is 4. The Morgan fingerprint density at radius 3 is 2.83 bits per heavy atom. The van der Waals surface area contributed by atoms with Gasteiger partial charge in [-0.25, -0.2) is 4.79 Å². The molecule has 0 aliphatic heterocycles. The summed E-state index contributed by atoms with van der Waals surface area (Å²) in [7, 11) is 1.25. The van der Waals surface area contributed by atoms with Crippen molar-refractivity contribution in [3.63, 3.8) is 0 Å². The third-order valence-corrected chi connectivity index (χ3v) is 2.42. The molecule has 18 heavy (non-hydrogen) atoms. The second kappa shape index (κ2) is 6.81. The molecule has 1 aromatic rings. The standard InChI is InChI=1S/C14H18O4/c1-4-8-18-12-7-5-6-11(9-12)13(15)10(2)14(16)17-3/h5-7,9,13,15H,2,4,8H2,1,3H3. The zero-order valence-corrected chi connectivity index (χ0v) is 10.7. The summed E-state index contributed by atoms with van der Waals surface area (Å²) in [6.45, 7) is 6.15. The number of methoxy groups -OCH3 is 1. The quantitative estimate of drug-likeness (QED) is 0.621. The largest absolute Gasteiger partial charge is 0.494 e. The highest BCUT2D eigenvalue weighted by Crippen LogP contribution is 2.24. The van der Waals surface area contributed by atoms with Crippen LogP contribution in [0.5, 0.6) is 5.75 Å². The first-order valence-electron chi connectivity index (χ1n) is 5.78. The molecule has 1 aromatic carbocycles. The van der Waals surface area contributed by atoms with Crippen LogP contribution >= 0.6 is 0 Å². The van der Waals surface area contributed by atoms with Crippen molar-refractivity contribution in [1.82, 2.24) is 0 Å². The number of carbonyl (C=O) groups excluding carboxylic acids is 1. The molecule has 1 N–H and O–H groups in total. The van der Waals surface area contributed by atoms with E-state index in [0.29, 0.717) is 17.9 Å². The maximum Gasteiger partial charge on any atom is 0.336 e. The molecule has 1 unspecified atom stereocenters. The van der Waals surface area contributed by atoms with Crippen molar-refractivity contribution in [2.45, 2.75) is 19.4 Å². The van der Waals surface area contributed by atoms with Gasteiger partial charge in [0.2, 0.25) is 0 Å². The number of aliphatic hydroxyl groups is 1. The normalized spacial score (nSPS) is 11.7. The average Bonchev–Trinajstić information content (AvgIpc) is 2.42. The smallest absolute Gasteiger partial charge is 0.336 e. The minimum atomic E-state index is -1.08. The van der Waals surface area contributed by atoms with Crippen molar-refractivity contribution in [2.24, 2.45) is 0 Å². The summed E-state index contributed by atoms with van der Waals surface area (Å²) < 4.78 is 9.98. The van der Waals surface area contributed by atoms with Gasteiger partial charge in [0.25, 0.3) is 0 Å². The lowest BCUT2D eigenvalue weighted by atomic mass is 10.0. The number of hydrogen-bond donors (Lipinski definition) is 1. The number of esters is 1. The van der Waals surface area contributed by atoms with Gasteiger partial charge in [0.15, 0.2) is 0 Å². The van der Waals surface area contributed by atoms with Gasteiger partial charge in [-0.05, 0) is 24.1 Å². The average molecular weight is 250 g/mol. The van der Waals surface area contributed by atoms with Gasteiger partial charge in [-0.1, -0.05) is 25.6 Å². The molecular weight excluding hydrogens is 232 g/mol. The summed E-state index contributed by atoms with van der Waals surface area (Å²) in [6, 6.07) is 6.95. The maximum atomic E-state index is 11.3. The van der Waals surface area contributed by atoms with E-state index in [2.05, 4.69) is 11.3 Å². The van der Waals surface area contributed by atoms with Crippen LogP contribution in [-0.4, -0.2) is 24.8 Å². The van der Waals surface area contributed by atoms with E-state index in [1.165, 1.54) is 7.11 Å². The monoisotopic (exact) mass is 250 g/mol. The van der Waals surface area contributed by atoms with E-state index >= 15 is 0 Å². The second-order valence-corrected chi connectivity index (χ2v) is 3.84. The summed E-state index contributed by atoms with van der Waals surface area (Å²) in [5.74, 6) is 0.0356. The fourth-order valence-electron chi connectivity index (χ4n) is 1.44. The third kappa shape index (κ3) is 3.60. The van der Waals surface area contributed by atoms with E-state index in [-0.39, 0.29) is 5.57 Å². The fraction of sp³-hybridized carbons (Fsp3) is 0.357. The van der Waals surface area contributed by atoms with E-state index in [9.17, 15) is 9.90 Å².